The van der Waals surface area contributed by atoms with E-state index in [-0.39, 0.29) is 0 Å². The molecule has 1 saturated carbocycles. The van der Waals surface area contributed by atoms with E-state index in [4.69, 9.17) is 0 Å². The predicted molar refractivity (Wildman–Crippen MR) is 116 cm³/mol. The van der Waals surface area contributed by atoms with Crippen LogP contribution in [-0.2, 0) is 0 Å². The lowest BCUT2D eigenvalue weighted by molar-refractivity contribution is 0.147. The van der Waals surface area contributed by atoms with Crippen LogP contribution < -0.4 is 5.32 Å². The van der Waals surface area contributed by atoms with Crippen LogP contribution in [0.3, 0.4) is 0 Å². The minimum absolute atomic E-state index is 0.443. The minimum atomic E-state index is 0.443. The van der Waals surface area contributed by atoms with Gasteiger partial charge in [0.15, 0.2) is 0 Å². The third kappa shape index (κ3) is 4.72. The topological polar surface area (TPSA) is 41.0 Å². The Hall–Kier alpha value is -1.94. The van der Waals surface area contributed by atoms with Crippen molar-refractivity contribution in [2.45, 2.75) is 46.5 Å². The number of benzene rings is 1. The highest BCUT2D eigenvalue weighted by atomic mass is 15.2. The van der Waals surface area contributed by atoms with Crippen molar-refractivity contribution in [1.82, 2.24) is 15.1 Å². The number of piperidine rings is 1. The molecule has 0 bridgehead atoms. The molecule has 1 saturated heterocycles. The molecule has 4 heteroatoms. The van der Waals surface area contributed by atoms with E-state index >= 15 is 0 Å². The Bertz CT molecular complexity index is 755. The fourth-order valence-corrected chi connectivity index (χ4v) is 4.47. The number of hydrogen-bond acceptors (Lipinski definition) is 4. The van der Waals surface area contributed by atoms with Gasteiger partial charge < -0.3 is 10.2 Å². The van der Waals surface area contributed by atoms with E-state index in [1.54, 1.807) is 0 Å². The number of nitrogens with zero attached hydrogens (tertiary/aromatic N) is 3. The average molecular weight is 379 g/mol. The van der Waals surface area contributed by atoms with Crippen LogP contribution in [0.4, 0.5) is 5.82 Å². The third-order valence-corrected chi connectivity index (χ3v) is 6.65. The maximum atomic E-state index is 4.38. The average Bonchev–Trinajstić information content (AvgIpc) is 3.38. The fraction of sp³-hybridized carbons (Fsp3) is 0.583. The lowest BCUT2D eigenvalue weighted by Gasteiger charge is -2.34. The smallest absolute Gasteiger partial charge is 0.148 e. The Kier molecular flexibility index (Phi) is 5.42. The van der Waals surface area contributed by atoms with Gasteiger partial charge in [-0.05, 0) is 74.2 Å². The standard InChI is InChI=1S/C24H34N4/c1-23(2,3)11-14-28-15-12-24(13-16-28)17-20(24)18-25-22-10-9-21(26-27-22)19-7-5-4-6-8-19/h4-10,20H,11-18H2,1-3H3,(H,25,27). The van der Waals surface area contributed by atoms with Crippen molar-refractivity contribution in [2.75, 3.05) is 31.5 Å². The van der Waals surface area contributed by atoms with Crippen LogP contribution >= 0.6 is 0 Å². The molecule has 1 spiro atoms. The Labute approximate surface area is 169 Å². The zero-order valence-corrected chi connectivity index (χ0v) is 17.6. The van der Waals surface area contributed by atoms with Gasteiger partial charge in [-0.15, -0.1) is 10.2 Å². The van der Waals surface area contributed by atoms with E-state index in [1.165, 1.54) is 45.3 Å². The van der Waals surface area contributed by atoms with Gasteiger partial charge in [0.1, 0.15) is 5.82 Å². The molecule has 2 fully saturated rings. The van der Waals surface area contributed by atoms with Crippen LogP contribution in [0, 0.1) is 16.7 Å². The molecule has 0 radical (unpaired) electrons. The number of hydrogen-bond donors (Lipinski definition) is 1. The summed E-state index contributed by atoms with van der Waals surface area (Å²) in [6.45, 7) is 11.9. The van der Waals surface area contributed by atoms with E-state index in [1.807, 2.05) is 18.2 Å². The zero-order valence-electron chi connectivity index (χ0n) is 17.6. The second-order valence-electron chi connectivity index (χ2n) is 9.97. The molecule has 1 atom stereocenters. The Balaban J connectivity index is 1.22. The molecule has 2 heterocycles. The van der Waals surface area contributed by atoms with Crippen LogP contribution in [0.15, 0.2) is 42.5 Å². The Morgan fingerprint density at radius 3 is 2.43 bits per heavy atom. The molecule has 28 heavy (non-hydrogen) atoms. The van der Waals surface area contributed by atoms with Crippen LogP contribution in [0.2, 0.25) is 0 Å². The zero-order chi connectivity index (χ0) is 19.6. The summed E-state index contributed by atoms with van der Waals surface area (Å²) in [5.41, 5.74) is 3.08. The van der Waals surface area contributed by atoms with Gasteiger partial charge in [0.25, 0.3) is 0 Å². The van der Waals surface area contributed by atoms with Crippen LogP contribution in [-0.4, -0.2) is 41.3 Å². The molecule has 150 valence electrons. The van der Waals surface area contributed by atoms with Crippen molar-refractivity contribution >= 4 is 5.82 Å². The van der Waals surface area contributed by atoms with Crippen LogP contribution in [0.25, 0.3) is 11.3 Å². The number of anilines is 1. The highest BCUT2D eigenvalue weighted by Crippen LogP contribution is 2.59. The lowest BCUT2D eigenvalue weighted by atomic mass is 9.88. The number of nitrogens with one attached hydrogen (secondary N) is 1. The molecule has 1 N–H and O–H groups in total. The summed E-state index contributed by atoms with van der Waals surface area (Å²) in [6, 6.07) is 14.3. The number of likely N-dealkylation sites (tertiary alicyclic amines) is 1. The molecule has 1 aliphatic carbocycles. The van der Waals surface area contributed by atoms with Gasteiger partial charge in [-0.2, -0.15) is 0 Å². The molecule has 2 aliphatic rings. The summed E-state index contributed by atoms with van der Waals surface area (Å²) in [5, 5.41) is 12.3. The predicted octanol–water partition coefficient (Wildman–Crippen LogP) is 5.09. The molecule has 0 amide bonds. The quantitative estimate of drug-likeness (QED) is 0.760. The largest absolute Gasteiger partial charge is 0.368 e. The monoisotopic (exact) mass is 378 g/mol. The van der Waals surface area contributed by atoms with Crippen molar-refractivity contribution in [1.29, 1.82) is 0 Å². The second-order valence-corrected chi connectivity index (χ2v) is 9.97. The summed E-state index contributed by atoms with van der Waals surface area (Å²) >= 11 is 0. The summed E-state index contributed by atoms with van der Waals surface area (Å²) < 4.78 is 0. The fourth-order valence-electron chi connectivity index (χ4n) is 4.47. The van der Waals surface area contributed by atoms with E-state index in [9.17, 15) is 0 Å². The van der Waals surface area contributed by atoms with Crippen molar-refractivity contribution in [2.24, 2.45) is 16.7 Å². The van der Waals surface area contributed by atoms with Crippen molar-refractivity contribution in [3.05, 3.63) is 42.5 Å². The summed E-state index contributed by atoms with van der Waals surface area (Å²) in [5.74, 6) is 1.69. The first-order valence-electron chi connectivity index (χ1n) is 10.8. The van der Waals surface area contributed by atoms with Gasteiger partial charge in [0, 0.05) is 12.1 Å². The Morgan fingerprint density at radius 1 is 1.04 bits per heavy atom. The van der Waals surface area contributed by atoms with Crippen LogP contribution in [0.5, 0.6) is 0 Å². The van der Waals surface area contributed by atoms with E-state index in [0.717, 1.165) is 29.5 Å². The van der Waals surface area contributed by atoms with Gasteiger partial charge in [0.05, 0.1) is 5.69 Å². The van der Waals surface area contributed by atoms with E-state index in [2.05, 4.69) is 65.5 Å². The first-order chi connectivity index (χ1) is 13.4. The third-order valence-electron chi connectivity index (χ3n) is 6.65. The lowest BCUT2D eigenvalue weighted by Crippen LogP contribution is -2.37. The maximum absolute atomic E-state index is 4.38. The first-order valence-corrected chi connectivity index (χ1v) is 10.8. The molecule has 1 aliphatic heterocycles. The highest BCUT2D eigenvalue weighted by Gasteiger charge is 2.54. The van der Waals surface area contributed by atoms with E-state index in [0.29, 0.717) is 10.8 Å². The maximum Gasteiger partial charge on any atom is 0.148 e. The van der Waals surface area contributed by atoms with E-state index < -0.39 is 0 Å². The molecular formula is C24H34N4. The van der Waals surface area contributed by atoms with Crippen molar-refractivity contribution in [3.8, 4) is 11.3 Å². The van der Waals surface area contributed by atoms with Gasteiger partial charge in [-0.25, -0.2) is 0 Å². The molecule has 1 aromatic heterocycles. The summed E-state index contributed by atoms with van der Waals surface area (Å²) in [6.07, 6.45) is 5.40. The first kappa shape index (κ1) is 19.4. The minimum Gasteiger partial charge on any atom is -0.368 e. The summed E-state index contributed by atoms with van der Waals surface area (Å²) in [4.78, 5) is 2.67. The molecule has 1 aromatic carbocycles. The second kappa shape index (κ2) is 7.82. The normalized spacial score (nSPS) is 21.6. The highest BCUT2D eigenvalue weighted by molar-refractivity contribution is 5.59. The molecular weight excluding hydrogens is 344 g/mol. The summed E-state index contributed by atoms with van der Waals surface area (Å²) in [7, 11) is 0. The van der Waals surface area contributed by atoms with Crippen LogP contribution in [0.1, 0.15) is 46.5 Å². The van der Waals surface area contributed by atoms with Gasteiger partial charge in [-0.3, -0.25) is 0 Å². The molecule has 4 rings (SSSR count). The Morgan fingerprint density at radius 2 is 1.79 bits per heavy atom. The van der Waals surface area contributed by atoms with Gasteiger partial charge in [0.2, 0.25) is 0 Å². The SMILES string of the molecule is CC(C)(C)CCN1CCC2(CC1)CC2CNc1ccc(-c2ccccc2)nn1. The molecule has 4 nitrogen and oxygen atoms in total. The van der Waals surface area contributed by atoms with Crippen molar-refractivity contribution in [3.63, 3.8) is 0 Å². The van der Waals surface area contributed by atoms with Gasteiger partial charge in [-0.1, -0.05) is 51.1 Å². The number of aromatic nitrogens is 2. The number of rotatable bonds is 6. The van der Waals surface area contributed by atoms with Gasteiger partial charge >= 0.3 is 0 Å². The molecule has 1 unspecified atom stereocenters. The molecule has 2 aromatic rings. The van der Waals surface area contributed by atoms with Crippen molar-refractivity contribution < 1.29 is 0 Å².